The second-order valence-electron chi connectivity index (χ2n) is 2.61. The first-order valence-electron chi connectivity index (χ1n) is 4.18. The van der Waals surface area contributed by atoms with Gasteiger partial charge in [0, 0.05) is 6.20 Å². The Kier molecular flexibility index (Phi) is 4.33. The van der Waals surface area contributed by atoms with E-state index in [1.807, 2.05) is 0 Å². The van der Waals surface area contributed by atoms with Gasteiger partial charge in [0.25, 0.3) is 0 Å². The van der Waals surface area contributed by atoms with Crippen molar-refractivity contribution in [2.75, 3.05) is 6.61 Å². The van der Waals surface area contributed by atoms with Crippen molar-refractivity contribution in [1.82, 2.24) is 4.98 Å². The molecule has 0 spiro atoms. The molecule has 1 heterocycles. The molecule has 1 rings (SSSR count). The Labute approximate surface area is 87.8 Å². The smallest absolute Gasteiger partial charge is 0.234 e. The van der Waals surface area contributed by atoms with Gasteiger partial charge in [-0.15, -0.1) is 0 Å². The highest BCUT2D eigenvalue weighted by molar-refractivity contribution is 6.42. The highest BCUT2D eigenvalue weighted by atomic mass is 35.5. The van der Waals surface area contributed by atoms with Crippen LogP contribution in [-0.2, 0) is 0 Å². The van der Waals surface area contributed by atoms with Gasteiger partial charge in [-0.1, -0.05) is 36.5 Å². The third-order valence-electron chi connectivity index (χ3n) is 1.55. The Balaban J connectivity index is 2.61. The van der Waals surface area contributed by atoms with Crippen LogP contribution in [0.4, 0.5) is 0 Å². The van der Waals surface area contributed by atoms with E-state index in [4.69, 9.17) is 27.9 Å². The standard InChI is InChI=1S/C9H11Cl2NO/c1-2-3-6-13-9-8(11)7(10)4-5-12-9/h4-5H,2-3,6H2,1H3. The number of unbranched alkanes of at least 4 members (excludes halogenated alkanes) is 1. The molecule has 2 nitrogen and oxygen atoms in total. The Morgan fingerprint density at radius 1 is 1.46 bits per heavy atom. The number of rotatable bonds is 4. The molecule has 1 aromatic rings. The van der Waals surface area contributed by atoms with Gasteiger partial charge in [0.15, 0.2) is 0 Å². The lowest BCUT2D eigenvalue weighted by atomic mass is 10.4. The monoisotopic (exact) mass is 219 g/mol. The van der Waals surface area contributed by atoms with Crippen LogP contribution in [0.2, 0.25) is 10.0 Å². The zero-order valence-corrected chi connectivity index (χ0v) is 8.90. The van der Waals surface area contributed by atoms with Gasteiger partial charge in [-0.3, -0.25) is 0 Å². The largest absolute Gasteiger partial charge is 0.477 e. The Hall–Kier alpha value is -0.470. The second-order valence-corrected chi connectivity index (χ2v) is 3.40. The lowest BCUT2D eigenvalue weighted by Gasteiger charge is -2.05. The first kappa shape index (κ1) is 10.6. The predicted molar refractivity (Wildman–Crippen MR) is 54.7 cm³/mol. The van der Waals surface area contributed by atoms with Gasteiger partial charge in [0.1, 0.15) is 5.02 Å². The van der Waals surface area contributed by atoms with Crippen LogP contribution < -0.4 is 4.74 Å². The SMILES string of the molecule is CCCCOc1nccc(Cl)c1Cl. The molecule has 0 fully saturated rings. The van der Waals surface area contributed by atoms with Crippen molar-refractivity contribution in [2.45, 2.75) is 19.8 Å². The Bertz CT molecular complexity index is 278. The van der Waals surface area contributed by atoms with Crippen LogP contribution in [0.15, 0.2) is 12.3 Å². The molecule has 13 heavy (non-hydrogen) atoms. The van der Waals surface area contributed by atoms with Gasteiger partial charge in [-0.05, 0) is 12.5 Å². The Morgan fingerprint density at radius 3 is 2.92 bits per heavy atom. The fourth-order valence-electron chi connectivity index (χ4n) is 0.816. The summed E-state index contributed by atoms with van der Waals surface area (Å²) in [5.41, 5.74) is 0. The molecule has 1 aromatic heterocycles. The first-order chi connectivity index (χ1) is 6.25. The van der Waals surface area contributed by atoms with Crippen LogP contribution in [0.1, 0.15) is 19.8 Å². The third kappa shape index (κ3) is 3.05. The maximum atomic E-state index is 5.85. The van der Waals surface area contributed by atoms with Crippen LogP contribution in [0.3, 0.4) is 0 Å². The summed E-state index contributed by atoms with van der Waals surface area (Å²) in [7, 11) is 0. The molecule has 0 radical (unpaired) electrons. The van der Waals surface area contributed by atoms with E-state index in [-0.39, 0.29) is 0 Å². The number of aromatic nitrogens is 1. The molecule has 4 heteroatoms. The highest BCUT2D eigenvalue weighted by Crippen LogP contribution is 2.29. The summed E-state index contributed by atoms with van der Waals surface area (Å²) >= 11 is 11.6. The van der Waals surface area contributed by atoms with Crippen LogP contribution in [0.25, 0.3) is 0 Å². The zero-order chi connectivity index (χ0) is 9.68. The summed E-state index contributed by atoms with van der Waals surface area (Å²) in [6.07, 6.45) is 3.65. The van der Waals surface area contributed by atoms with E-state index in [0.29, 0.717) is 22.5 Å². The van der Waals surface area contributed by atoms with Gasteiger partial charge in [0.2, 0.25) is 5.88 Å². The topological polar surface area (TPSA) is 22.1 Å². The molecule has 0 bridgehead atoms. The number of nitrogens with zero attached hydrogens (tertiary/aromatic N) is 1. The maximum absolute atomic E-state index is 5.85. The van der Waals surface area contributed by atoms with Gasteiger partial charge >= 0.3 is 0 Å². The molecule has 0 saturated heterocycles. The summed E-state index contributed by atoms with van der Waals surface area (Å²) in [5, 5.41) is 0.864. The van der Waals surface area contributed by atoms with Crippen molar-refractivity contribution in [3.63, 3.8) is 0 Å². The van der Waals surface area contributed by atoms with Gasteiger partial charge < -0.3 is 4.74 Å². The molecular formula is C9H11Cl2NO. The van der Waals surface area contributed by atoms with E-state index in [9.17, 15) is 0 Å². The van der Waals surface area contributed by atoms with Crippen LogP contribution >= 0.6 is 23.2 Å². The fourth-order valence-corrected chi connectivity index (χ4v) is 1.12. The second kappa shape index (κ2) is 5.30. The fraction of sp³-hybridized carbons (Fsp3) is 0.444. The first-order valence-corrected chi connectivity index (χ1v) is 4.94. The number of ether oxygens (including phenoxy) is 1. The lowest BCUT2D eigenvalue weighted by Crippen LogP contribution is -1.98. The zero-order valence-electron chi connectivity index (χ0n) is 7.39. The molecule has 0 aliphatic heterocycles. The van der Waals surface area contributed by atoms with E-state index in [1.165, 1.54) is 0 Å². The number of hydrogen-bond donors (Lipinski definition) is 0. The van der Waals surface area contributed by atoms with Gasteiger partial charge in [-0.25, -0.2) is 4.98 Å². The maximum Gasteiger partial charge on any atom is 0.234 e. The van der Waals surface area contributed by atoms with E-state index in [2.05, 4.69) is 11.9 Å². The van der Waals surface area contributed by atoms with Crippen molar-refractivity contribution >= 4 is 23.2 Å². The van der Waals surface area contributed by atoms with E-state index in [1.54, 1.807) is 12.3 Å². The summed E-state index contributed by atoms with van der Waals surface area (Å²) in [4.78, 5) is 3.97. The van der Waals surface area contributed by atoms with Gasteiger partial charge in [0.05, 0.1) is 11.6 Å². The number of hydrogen-bond acceptors (Lipinski definition) is 2. The number of halogens is 2. The number of pyridine rings is 1. The average molecular weight is 220 g/mol. The van der Waals surface area contributed by atoms with Crippen molar-refractivity contribution in [2.24, 2.45) is 0 Å². The molecule has 0 aliphatic carbocycles. The normalized spacial score (nSPS) is 10.1. The summed E-state index contributed by atoms with van der Waals surface area (Å²) in [6, 6.07) is 1.64. The third-order valence-corrected chi connectivity index (χ3v) is 2.32. The molecule has 0 aromatic carbocycles. The molecule has 0 atom stereocenters. The predicted octanol–water partition coefficient (Wildman–Crippen LogP) is 3.57. The summed E-state index contributed by atoms with van der Waals surface area (Å²) in [5.74, 6) is 0.419. The molecule has 0 unspecified atom stereocenters. The summed E-state index contributed by atoms with van der Waals surface area (Å²) in [6.45, 7) is 2.72. The van der Waals surface area contributed by atoms with Gasteiger partial charge in [-0.2, -0.15) is 0 Å². The average Bonchev–Trinajstić information content (AvgIpc) is 2.13. The molecule has 0 saturated carbocycles. The van der Waals surface area contributed by atoms with Crippen molar-refractivity contribution in [3.8, 4) is 5.88 Å². The summed E-state index contributed by atoms with van der Waals surface area (Å²) < 4.78 is 5.33. The quantitative estimate of drug-likeness (QED) is 0.723. The van der Waals surface area contributed by atoms with E-state index in [0.717, 1.165) is 12.8 Å². The molecular weight excluding hydrogens is 209 g/mol. The van der Waals surface area contributed by atoms with Crippen molar-refractivity contribution in [1.29, 1.82) is 0 Å². The lowest BCUT2D eigenvalue weighted by molar-refractivity contribution is 0.298. The van der Waals surface area contributed by atoms with Crippen LogP contribution in [0, 0.1) is 0 Å². The van der Waals surface area contributed by atoms with Crippen LogP contribution in [-0.4, -0.2) is 11.6 Å². The van der Waals surface area contributed by atoms with E-state index < -0.39 is 0 Å². The molecule has 0 aliphatic rings. The van der Waals surface area contributed by atoms with E-state index >= 15 is 0 Å². The minimum absolute atomic E-state index is 0.389. The minimum atomic E-state index is 0.389. The Morgan fingerprint density at radius 2 is 2.23 bits per heavy atom. The molecule has 0 amide bonds. The minimum Gasteiger partial charge on any atom is -0.477 e. The van der Waals surface area contributed by atoms with Crippen molar-refractivity contribution in [3.05, 3.63) is 22.3 Å². The highest BCUT2D eigenvalue weighted by Gasteiger charge is 2.05. The van der Waals surface area contributed by atoms with Crippen LogP contribution in [0.5, 0.6) is 5.88 Å². The molecule has 0 N–H and O–H groups in total. The molecule has 72 valence electrons. The van der Waals surface area contributed by atoms with Crippen molar-refractivity contribution < 1.29 is 4.74 Å².